The lowest BCUT2D eigenvalue weighted by molar-refractivity contribution is -0.340. The van der Waals surface area contributed by atoms with Crippen molar-refractivity contribution in [3.05, 3.63) is 47.1 Å². The number of carbonyl (C=O) groups is 1. The van der Waals surface area contributed by atoms with Crippen molar-refractivity contribution in [1.29, 1.82) is 0 Å². The SMILES string of the molecule is CC.CC.CC[C@H](C)C1O[C@]2(CC[C@@H]1C)C[C@@H](OC=O)C[C@@H](C/C=C(\C)[C@@H](O[C@H]1C[C@H](OC)[C@@H](O[C@H]3C[C@H](OC)[C@@H](O)[C@H](C)O3)[C@H](C)O1)[C@@H](C)/C=C/C=C1\CO[C@@H]3[C@H](O)C(C)=CCC13O)O2.[HH]. The first-order valence-corrected chi connectivity index (χ1v) is 25.1. The molecule has 0 aromatic heterocycles. The third kappa shape index (κ3) is 13.6. The zero-order chi connectivity index (χ0) is 48.9. The molecule has 1 spiro atoms. The zero-order valence-electron chi connectivity index (χ0n) is 42.7. The topological polar surface area (TPSA) is 170 Å². The number of carbonyl (C=O) groups excluding carboxylic acids is 1. The van der Waals surface area contributed by atoms with E-state index in [-0.39, 0.29) is 38.4 Å². The Balaban J connectivity index is 0.00000232. The van der Waals surface area contributed by atoms with Crippen molar-refractivity contribution in [3.63, 3.8) is 0 Å². The van der Waals surface area contributed by atoms with Crippen molar-refractivity contribution in [2.24, 2.45) is 17.8 Å². The number of aliphatic hydroxyl groups is 3. The minimum absolute atomic E-state index is 0. The molecule has 0 aromatic rings. The van der Waals surface area contributed by atoms with E-state index in [1.807, 2.05) is 72.8 Å². The molecule has 14 nitrogen and oxygen atoms in total. The van der Waals surface area contributed by atoms with Crippen molar-refractivity contribution < 1.29 is 68.9 Å². The van der Waals surface area contributed by atoms with E-state index in [4.69, 9.17) is 47.4 Å². The smallest absolute Gasteiger partial charge is 0.293 e. The third-order valence-corrected chi connectivity index (χ3v) is 14.6. The van der Waals surface area contributed by atoms with Crippen LogP contribution >= 0.6 is 0 Å². The lowest BCUT2D eigenvalue weighted by Gasteiger charge is -2.50. The molecule has 0 saturated carbocycles. The van der Waals surface area contributed by atoms with E-state index < -0.39 is 72.8 Å². The summed E-state index contributed by atoms with van der Waals surface area (Å²) in [5.41, 5.74) is 1.21. The van der Waals surface area contributed by atoms with Crippen LogP contribution in [0.15, 0.2) is 47.1 Å². The van der Waals surface area contributed by atoms with Crippen LogP contribution in [0.4, 0.5) is 0 Å². The molecule has 66 heavy (non-hydrogen) atoms. The van der Waals surface area contributed by atoms with E-state index in [0.29, 0.717) is 62.4 Å². The van der Waals surface area contributed by atoms with Gasteiger partial charge in [0.2, 0.25) is 0 Å². The second-order valence-electron chi connectivity index (χ2n) is 19.0. The molecule has 6 rings (SSSR count). The fourth-order valence-electron chi connectivity index (χ4n) is 10.4. The van der Waals surface area contributed by atoms with Gasteiger partial charge < -0.3 is 62.7 Å². The maximum absolute atomic E-state index is 11.6. The maximum atomic E-state index is 11.6. The molecule has 2 unspecified atom stereocenters. The highest BCUT2D eigenvalue weighted by atomic mass is 16.7. The summed E-state index contributed by atoms with van der Waals surface area (Å²) in [6.45, 7) is 25.1. The highest BCUT2D eigenvalue weighted by Crippen LogP contribution is 2.45. The normalized spacial score (nSPS) is 41.4. The first-order valence-electron chi connectivity index (χ1n) is 25.1. The summed E-state index contributed by atoms with van der Waals surface area (Å²) in [7, 11) is 3.22. The van der Waals surface area contributed by atoms with Gasteiger partial charge in [-0.1, -0.05) is 92.2 Å². The molecule has 5 fully saturated rings. The molecule has 6 aliphatic rings. The van der Waals surface area contributed by atoms with E-state index in [9.17, 15) is 20.1 Å². The van der Waals surface area contributed by atoms with Crippen LogP contribution in [0.5, 0.6) is 0 Å². The molecule has 0 aromatic carbocycles. The van der Waals surface area contributed by atoms with Gasteiger partial charge in [-0.2, -0.15) is 0 Å². The van der Waals surface area contributed by atoms with Gasteiger partial charge in [-0.05, 0) is 69.1 Å². The van der Waals surface area contributed by atoms with Gasteiger partial charge >= 0.3 is 0 Å². The van der Waals surface area contributed by atoms with Gasteiger partial charge in [-0.15, -0.1) is 0 Å². The van der Waals surface area contributed by atoms with Crippen LogP contribution in [0, 0.1) is 17.8 Å². The number of allylic oxidation sites excluding steroid dienone is 2. The molecule has 5 aliphatic heterocycles. The molecule has 1 aliphatic carbocycles. The molecule has 14 heteroatoms. The van der Waals surface area contributed by atoms with Crippen molar-refractivity contribution in [2.75, 3.05) is 20.8 Å². The highest BCUT2D eigenvalue weighted by Gasteiger charge is 2.52. The Morgan fingerprint density at radius 1 is 0.985 bits per heavy atom. The number of rotatable bonds is 16. The fourth-order valence-corrected chi connectivity index (χ4v) is 10.4. The van der Waals surface area contributed by atoms with E-state index >= 15 is 0 Å². The Labute approximate surface area is 398 Å². The average molecular weight is 939 g/mol. The standard InChI is InChI=1S/C48H76O14.2C2H6.H2/c1-11-27(2)44-31(6)17-19-47(62-44)24-36(56-26-49)21-35(61-47)16-15-30(5)43(29(4)13-12-14-34-25-55-46-41(50)28(3)18-20-48(34,46)52)59-40-23-38(54-10)45(33(8)58-40)60-39-22-37(53-9)42(51)32(7)57-39;2*1-2;/h12-15,18,26-27,29,31-33,35-46,50-52H,11,16-17,19-25H2,1-10H3;2*1-2H3;1H/b13-12+,30-15+,34-14+;;;/t27-,29-,31-,32-,33-,35+,36-,37-,38-,39-,40-,41+,42-,43-,44?,45-,46+,47+,48?;;;/m0.../s1. The lowest BCUT2D eigenvalue weighted by atomic mass is 9.78. The monoisotopic (exact) mass is 939 g/mol. The van der Waals surface area contributed by atoms with Crippen molar-refractivity contribution in [2.45, 2.75) is 238 Å². The van der Waals surface area contributed by atoms with Gasteiger partial charge in [0.1, 0.15) is 36.1 Å². The second-order valence-corrected chi connectivity index (χ2v) is 19.0. The first kappa shape index (κ1) is 56.5. The van der Waals surface area contributed by atoms with Gasteiger partial charge in [0.25, 0.3) is 6.47 Å². The van der Waals surface area contributed by atoms with E-state index in [1.54, 1.807) is 21.1 Å². The highest BCUT2D eigenvalue weighted by molar-refractivity contribution is 5.37. The molecule has 5 saturated heterocycles. The van der Waals surface area contributed by atoms with Gasteiger partial charge in [-0.3, -0.25) is 4.79 Å². The molecule has 0 bridgehead atoms. The Morgan fingerprint density at radius 3 is 2.33 bits per heavy atom. The lowest BCUT2D eigenvalue weighted by Crippen LogP contribution is -2.55. The number of fused-ring (bicyclic) bond motifs is 1. The summed E-state index contributed by atoms with van der Waals surface area (Å²) in [6, 6.07) is 0. The maximum Gasteiger partial charge on any atom is 0.293 e. The molecule has 5 heterocycles. The van der Waals surface area contributed by atoms with E-state index in [2.05, 4.69) is 33.8 Å². The summed E-state index contributed by atoms with van der Waals surface area (Å²) in [5, 5.41) is 32.9. The van der Waals surface area contributed by atoms with Gasteiger partial charge in [0, 0.05) is 60.1 Å². The summed E-state index contributed by atoms with van der Waals surface area (Å²) in [6.07, 6.45) is 8.63. The van der Waals surface area contributed by atoms with Crippen LogP contribution in [-0.4, -0.2) is 140 Å². The first-order chi connectivity index (χ1) is 31.5. The third-order valence-electron chi connectivity index (χ3n) is 14.6. The molecular formula is C52H90O14. The summed E-state index contributed by atoms with van der Waals surface area (Å²) < 4.78 is 62.7. The second kappa shape index (κ2) is 26.2. The molecule has 382 valence electrons. The molecule has 0 radical (unpaired) electrons. The van der Waals surface area contributed by atoms with Crippen LogP contribution in [0.2, 0.25) is 0 Å². The number of methoxy groups -OCH3 is 2. The summed E-state index contributed by atoms with van der Waals surface area (Å²) >= 11 is 0. The Bertz CT molecular complexity index is 1600. The Morgan fingerprint density at radius 2 is 1.67 bits per heavy atom. The van der Waals surface area contributed by atoms with Crippen molar-refractivity contribution in [3.8, 4) is 0 Å². The Hall–Kier alpha value is -2.05. The van der Waals surface area contributed by atoms with E-state index in [0.717, 1.165) is 30.4 Å². The summed E-state index contributed by atoms with van der Waals surface area (Å²) in [4.78, 5) is 11.6. The number of hydrogen-bond donors (Lipinski definition) is 3. The molecular weight excluding hydrogens is 849 g/mol. The largest absolute Gasteiger partial charge is 0.464 e. The number of aliphatic hydroxyl groups excluding tert-OH is 2. The van der Waals surface area contributed by atoms with Crippen LogP contribution in [0.3, 0.4) is 0 Å². The molecule has 0 amide bonds. The molecule has 3 N–H and O–H groups in total. The predicted octanol–water partition coefficient (Wildman–Crippen LogP) is 8.29. The van der Waals surface area contributed by atoms with Crippen LogP contribution < -0.4 is 0 Å². The predicted molar refractivity (Wildman–Crippen MR) is 254 cm³/mol. The fraction of sp³-hybridized carbons (Fsp3) is 0.827. The van der Waals surface area contributed by atoms with E-state index in [1.165, 1.54) is 0 Å². The minimum atomic E-state index is -1.28. The zero-order valence-corrected chi connectivity index (χ0v) is 42.7. The van der Waals surface area contributed by atoms with Gasteiger partial charge in [0.05, 0.1) is 49.3 Å². The summed E-state index contributed by atoms with van der Waals surface area (Å²) in [5.74, 6) is -0.212. The number of hydrogen-bond acceptors (Lipinski definition) is 14. The van der Waals surface area contributed by atoms with Crippen LogP contribution in [0.1, 0.15) is 142 Å². The quantitative estimate of drug-likeness (QED) is 0.0998. The van der Waals surface area contributed by atoms with Crippen LogP contribution in [0.25, 0.3) is 0 Å². The number of ether oxygens (including phenoxy) is 10. The van der Waals surface area contributed by atoms with Crippen molar-refractivity contribution in [1.82, 2.24) is 0 Å². The molecule has 19 atom stereocenters. The Kier molecular flexibility index (Phi) is 22.5. The van der Waals surface area contributed by atoms with Crippen LogP contribution in [-0.2, 0) is 52.2 Å². The van der Waals surface area contributed by atoms with Gasteiger partial charge in [-0.25, -0.2) is 0 Å². The van der Waals surface area contributed by atoms with Crippen molar-refractivity contribution >= 4 is 6.47 Å². The minimum Gasteiger partial charge on any atom is -0.464 e. The van der Waals surface area contributed by atoms with Gasteiger partial charge in [0.15, 0.2) is 18.4 Å². The average Bonchev–Trinajstić information content (AvgIpc) is 3.65.